The lowest BCUT2D eigenvalue weighted by atomic mass is 10.1. The molecule has 2 aromatic rings. The van der Waals surface area contributed by atoms with Gasteiger partial charge in [-0.2, -0.15) is 5.10 Å². The summed E-state index contributed by atoms with van der Waals surface area (Å²) in [5.74, 6) is 4.98. The van der Waals surface area contributed by atoms with Crippen molar-refractivity contribution in [3.05, 3.63) is 52.6 Å². The monoisotopic (exact) mass is 263 g/mol. The molecule has 0 atom stereocenters. The van der Waals surface area contributed by atoms with E-state index in [0.29, 0.717) is 17.1 Å². The number of aromatic nitrogens is 2. The second-order valence-electron chi connectivity index (χ2n) is 3.68. The summed E-state index contributed by atoms with van der Waals surface area (Å²) >= 11 is 5.77. The van der Waals surface area contributed by atoms with Crippen molar-refractivity contribution >= 4 is 11.6 Å². The van der Waals surface area contributed by atoms with Gasteiger partial charge in [-0.3, -0.25) is 4.68 Å². The molecule has 0 fully saturated rings. The average molecular weight is 264 g/mol. The molecule has 1 heterocycles. The quantitative estimate of drug-likeness (QED) is 0.843. The van der Waals surface area contributed by atoms with Crippen molar-refractivity contribution in [1.82, 2.24) is 9.78 Å². The molecule has 5 heteroatoms. The van der Waals surface area contributed by atoms with Crippen molar-refractivity contribution in [2.45, 2.75) is 6.54 Å². The van der Waals surface area contributed by atoms with Crippen LogP contribution in [0, 0.1) is 17.7 Å². The Morgan fingerprint density at radius 1 is 1.44 bits per heavy atom. The molecule has 0 amide bonds. The zero-order valence-corrected chi connectivity index (χ0v) is 10.3. The zero-order chi connectivity index (χ0) is 13.0. The Hall–Kier alpha value is -1.83. The smallest absolute Gasteiger partial charge is 0.138 e. The van der Waals surface area contributed by atoms with E-state index in [2.05, 4.69) is 16.9 Å². The SMILES string of the molecule is NCC#Cc1cc(Cn2cc(Cl)cn2)ccc1F. The third-order valence-corrected chi connectivity index (χ3v) is 2.50. The Morgan fingerprint density at radius 3 is 2.94 bits per heavy atom. The molecule has 0 spiro atoms. The van der Waals surface area contributed by atoms with E-state index in [4.69, 9.17) is 17.3 Å². The predicted molar refractivity (Wildman–Crippen MR) is 68.7 cm³/mol. The van der Waals surface area contributed by atoms with Gasteiger partial charge in [-0.25, -0.2) is 4.39 Å². The molecule has 2 N–H and O–H groups in total. The summed E-state index contributed by atoms with van der Waals surface area (Å²) in [5.41, 5.74) is 6.51. The first-order valence-corrected chi connectivity index (χ1v) is 5.72. The van der Waals surface area contributed by atoms with Crippen LogP contribution in [-0.4, -0.2) is 16.3 Å². The number of nitrogens with two attached hydrogens (primary N) is 1. The highest BCUT2D eigenvalue weighted by molar-refractivity contribution is 6.30. The molecule has 0 radical (unpaired) electrons. The highest BCUT2D eigenvalue weighted by atomic mass is 35.5. The van der Waals surface area contributed by atoms with Gasteiger partial charge >= 0.3 is 0 Å². The van der Waals surface area contributed by atoms with Crippen molar-refractivity contribution in [2.75, 3.05) is 6.54 Å². The third kappa shape index (κ3) is 3.10. The molecule has 0 saturated carbocycles. The van der Waals surface area contributed by atoms with Gasteiger partial charge in [0.05, 0.1) is 29.9 Å². The molecule has 2 rings (SSSR count). The predicted octanol–water partition coefficient (Wildman–Crippen LogP) is 2.03. The molecule has 0 saturated heterocycles. The summed E-state index contributed by atoms with van der Waals surface area (Å²) in [4.78, 5) is 0. The molecule has 0 aliphatic rings. The molecule has 0 unspecified atom stereocenters. The van der Waals surface area contributed by atoms with Crippen LogP contribution in [0.2, 0.25) is 5.02 Å². The van der Waals surface area contributed by atoms with Crippen molar-refractivity contribution < 1.29 is 4.39 Å². The van der Waals surface area contributed by atoms with Crippen LogP contribution in [0.4, 0.5) is 4.39 Å². The molecule has 3 nitrogen and oxygen atoms in total. The van der Waals surface area contributed by atoms with Gasteiger partial charge in [0.25, 0.3) is 0 Å². The first-order chi connectivity index (χ1) is 8.69. The number of rotatable bonds is 2. The summed E-state index contributed by atoms with van der Waals surface area (Å²) in [6.07, 6.45) is 3.26. The topological polar surface area (TPSA) is 43.8 Å². The van der Waals surface area contributed by atoms with Gasteiger partial charge in [0, 0.05) is 6.20 Å². The molecule has 0 aliphatic carbocycles. The normalized spacial score (nSPS) is 9.94. The van der Waals surface area contributed by atoms with E-state index in [1.54, 1.807) is 29.2 Å². The largest absolute Gasteiger partial charge is 0.320 e. The lowest BCUT2D eigenvalue weighted by molar-refractivity contribution is 0.621. The molecule has 1 aromatic heterocycles. The van der Waals surface area contributed by atoms with Crippen molar-refractivity contribution in [1.29, 1.82) is 0 Å². The van der Waals surface area contributed by atoms with Gasteiger partial charge in [0.2, 0.25) is 0 Å². The van der Waals surface area contributed by atoms with E-state index in [0.717, 1.165) is 5.56 Å². The first-order valence-electron chi connectivity index (χ1n) is 5.34. The zero-order valence-electron chi connectivity index (χ0n) is 9.53. The van der Waals surface area contributed by atoms with Gasteiger partial charge in [-0.15, -0.1) is 0 Å². The Kier molecular flexibility index (Phi) is 3.98. The minimum atomic E-state index is -0.349. The summed E-state index contributed by atoms with van der Waals surface area (Å²) in [6.45, 7) is 0.725. The standard InChI is InChI=1S/C13H11ClFN3/c14-12-7-17-18(9-12)8-10-3-4-13(15)11(6-10)2-1-5-16/h3-4,6-7,9H,5,8,16H2. The van der Waals surface area contributed by atoms with E-state index in [-0.39, 0.29) is 12.4 Å². The van der Waals surface area contributed by atoms with Crippen LogP contribution in [-0.2, 0) is 6.54 Å². The third-order valence-electron chi connectivity index (χ3n) is 2.30. The maximum Gasteiger partial charge on any atom is 0.138 e. The Labute approximate surface area is 109 Å². The summed E-state index contributed by atoms with van der Waals surface area (Å²) in [5, 5.41) is 4.63. The maximum atomic E-state index is 13.4. The molecular formula is C13H11ClFN3. The van der Waals surface area contributed by atoms with E-state index >= 15 is 0 Å². The molecule has 1 aromatic carbocycles. The molecule has 0 bridgehead atoms. The van der Waals surface area contributed by atoms with Crippen molar-refractivity contribution in [3.8, 4) is 11.8 Å². The van der Waals surface area contributed by atoms with E-state index in [9.17, 15) is 4.39 Å². The Balaban J connectivity index is 2.24. The van der Waals surface area contributed by atoms with Crippen LogP contribution in [0.5, 0.6) is 0 Å². The second-order valence-corrected chi connectivity index (χ2v) is 4.11. The maximum absolute atomic E-state index is 13.4. The minimum absolute atomic E-state index is 0.207. The van der Waals surface area contributed by atoms with E-state index < -0.39 is 0 Å². The number of benzene rings is 1. The first kappa shape index (κ1) is 12.6. The van der Waals surface area contributed by atoms with E-state index in [1.807, 2.05) is 0 Å². The van der Waals surface area contributed by atoms with Crippen LogP contribution in [0.3, 0.4) is 0 Å². The molecule has 0 aliphatic heterocycles. The Morgan fingerprint density at radius 2 is 2.28 bits per heavy atom. The number of hydrogen-bond donors (Lipinski definition) is 1. The lowest BCUT2D eigenvalue weighted by Gasteiger charge is -2.03. The minimum Gasteiger partial charge on any atom is -0.320 e. The van der Waals surface area contributed by atoms with Crippen molar-refractivity contribution in [2.24, 2.45) is 5.73 Å². The summed E-state index contributed by atoms with van der Waals surface area (Å²) in [7, 11) is 0. The number of halogens is 2. The number of nitrogens with zero attached hydrogens (tertiary/aromatic N) is 2. The van der Waals surface area contributed by atoms with Crippen LogP contribution in [0.1, 0.15) is 11.1 Å². The number of hydrogen-bond acceptors (Lipinski definition) is 2. The van der Waals surface area contributed by atoms with Gasteiger partial charge in [0.15, 0.2) is 0 Å². The van der Waals surface area contributed by atoms with Crippen LogP contribution < -0.4 is 5.73 Å². The molecular weight excluding hydrogens is 253 g/mol. The fourth-order valence-electron chi connectivity index (χ4n) is 1.52. The van der Waals surface area contributed by atoms with E-state index in [1.165, 1.54) is 6.07 Å². The van der Waals surface area contributed by atoms with Crippen molar-refractivity contribution in [3.63, 3.8) is 0 Å². The fourth-order valence-corrected chi connectivity index (χ4v) is 1.68. The summed E-state index contributed by atoms with van der Waals surface area (Å²) < 4.78 is 15.1. The fraction of sp³-hybridized carbons (Fsp3) is 0.154. The van der Waals surface area contributed by atoms with Gasteiger partial charge in [-0.1, -0.05) is 29.5 Å². The van der Waals surface area contributed by atoms with Gasteiger partial charge in [0.1, 0.15) is 5.82 Å². The van der Waals surface area contributed by atoms with Crippen LogP contribution >= 0.6 is 11.6 Å². The molecule has 18 heavy (non-hydrogen) atoms. The van der Waals surface area contributed by atoms with Gasteiger partial charge in [-0.05, 0) is 17.7 Å². The average Bonchev–Trinajstić information content (AvgIpc) is 2.75. The Bertz CT molecular complexity index is 610. The van der Waals surface area contributed by atoms with Gasteiger partial charge < -0.3 is 5.73 Å². The van der Waals surface area contributed by atoms with Crippen LogP contribution in [0.25, 0.3) is 0 Å². The molecule has 92 valence electrons. The lowest BCUT2D eigenvalue weighted by Crippen LogP contribution is -2.01. The second kappa shape index (κ2) is 5.67. The highest BCUT2D eigenvalue weighted by Crippen LogP contribution is 2.12. The van der Waals surface area contributed by atoms with Crippen LogP contribution in [0.15, 0.2) is 30.6 Å². The highest BCUT2D eigenvalue weighted by Gasteiger charge is 2.03. The summed E-state index contributed by atoms with van der Waals surface area (Å²) in [6, 6.07) is 4.77.